The van der Waals surface area contributed by atoms with Gasteiger partial charge in [0.2, 0.25) is 5.91 Å². The van der Waals surface area contributed by atoms with Crippen molar-refractivity contribution in [3.63, 3.8) is 0 Å². The Bertz CT molecular complexity index is 1100. The minimum atomic E-state index is -0.278. The number of fused-ring (bicyclic) bond motifs is 1. The first-order valence-corrected chi connectivity index (χ1v) is 10.6. The molecule has 0 saturated carbocycles. The molecule has 0 fully saturated rings. The van der Waals surface area contributed by atoms with Crippen molar-refractivity contribution in [3.8, 4) is 5.75 Å². The molecule has 1 unspecified atom stereocenters. The molecule has 7 nitrogen and oxygen atoms in total. The van der Waals surface area contributed by atoms with Crippen LogP contribution in [0.5, 0.6) is 5.75 Å². The predicted octanol–water partition coefficient (Wildman–Crippen LogP) is 3.50. The molecule has 4 rings (SSSR count). The number of anilines is 1. The maximum atomic E-state index is 13.6. The van der Waals surface area contributed by atoms with Crippen molar-refractivity contribution in [1.29, 1.82) is 0 Å². The van der Waals surface area contributed by atoms with Crippen LogP contribution >= 0.6 is 0 Å². The number of aryl methyl sites for hydroxylation is 1. The third-order valence-electron chi connectivity index (χ3n) is 5.94. The lowest BCUT2D eigenvalue weighted by Gasteiger charge is -2.30. The fourth-order valence-corrected chi connectivity index (χ4v) is 4.02. The molecule has 162 valence electrons. The monoisotopic (exact) mass is 420 g/mol. The minimum absolute atomic E-state index is 0.0110. The van der Waals surface area contributed by atoms with E-state index in [0.717, 1.165) is 17.0 Å². The van der Waals surface area contributed by atoms with Gasteiger partial charge in [-0.3, -0.25) is 9.36 Å². The normalized spacial score (nSPS) is 15.5. The van der Waals surface area contributed by atoms with Gasteiger partial charge in [-0.05, 0) is 47.7 Å². The molecule has 2 heterocycles. The number of amides is 1. The van der Waals surface area contributed by atoms with E-state index in [1.807, 2.05) is 29.2 Å². The highest BCUT2D eigenvalue weighted by molar-refractivity contribution is 5.95. The molecule has 0 radical (unpaired) electrons. The number of benzene rings is 2. The number of nitrogens with zero attached hydrogens (tertiary/aromatic N) is 3. The second-order valence-corrected chi connectivity index (χ2v) is 8.31. The third kappa shape index (κ3) is 4.40. The summed E-state index contributed by atoms with van der Waals surface area (Å²) >= 11 is 0. The number of aromatic nitrogens is 3. The van der Waals surface area contributed by atoms with Crippen LogP contribution in [0.15, 0.2) is 53.3 Å². The summed E-state index contributed by atoms with van der Waals surface area (Å²) in [6, 6.07) is 15.9. The molecule has 1 aliphatic rings. The average Bonchev–Trinajstić information content (AvgIpc) is 3.17. The van der Waals surface area contributed by atoms with E-state index in [0.29, 0.717) is 37.7 Å². The van der Waals surface area contributed by atoms with Gasteiger partial charge in [-0.15, -0.1) is 0 Å². The van der Waals surface area contributed by atoms with Crippen LogP contribution < -0.4 is 15.3 Å². The third-order valence-corrected chi connectivity index (χ3v) is 5.94. The van der Waals surface area contributed by atoms with Crippen LogP contribution in [0.2, 0.25) is 0 Å². The number of H-pyrrole nitrogens is 1. The molecule has 2 aromatic carbocycles. The lowest BCUT2D eigenvalue weighted by Crippen LogP contribution is -2.41. The van der Waals surface area contributed by atoms with Crippen LogP contribution in [0.3, 0.4) is 0 Å². The molecule has 1 N–H and O–H groups in total. The van der Waals surface area contributed by atoms with Crippen LogP contribution in [0.25, 0.3) is 0 Å². The molecule has 7 heteroatoms. The Kier molecular flexibility index (Phi) is 5.93. The summed E-state index contributed by atoms with van der Waals surface area (Å²) < 4.78 is 6.85. The van der Waals surface area contributed by atoms with E-state index < -0.39 is 0 Å². The molecule has 1 amide bonds. The first-order valence-electron chi connectivity index (χ1n) is 10.6. The molecule has 3 aromatic rings. The number of hydrogen-bond acceptors (Lipinski definition) is 4. The highest BCUT2D eigenvalue weighted by Gasteiger charge is 2.31. The molecule has 1 aliphatic heterocycles. The fourth-order valence-electron chi connectivity index (χ4n) is 4.02. The topological polar surface area (TPSA) is 80.2 Å². The Hall–Kier alpha value is -3.35. The molecule has 0 aliphatic carbocycles. The maximum absolute atomic E-state index is 13.6. The molecular weight excluding hydrogens is 392 g/mol. The van der Waals surface area contributed by atoms with Gasteiger partial charge in [-0.25, -0.2) is 9.89 Å². The van der Waals surface area contributed by atoms with Crippen molar-refractivity contribution in [2.45, 2.75) is 45.7 Å². The average molecular weight is 421 g/mol. The van der Waals surface area contributed by atoms with Crippen molar-refractivity contribution < 1.29 is 9.53 Å². The number of rotatable bonds is 6. The van der Waals surface area contributed by atoms with Gasteiger partial charge >= 0.3 is 5.69 Å². The molecule has 0 spiro atoms. The maximum Gasteiger partial charge on any atom is 0.343 e. The van der Waals surface area contributed by atoms with Crippen molar-refractivity contribution in [2.75, 3.05) is 12.0 Å². The molecular formula is C24H28N4O3. The van der Waals surface area contributed by atoms with Crippen LogP contribution in [-0.2, 0) is 24.3 Å². The first-order chi connectivity index (χ1) is 15.0. The van der Waals surface area contributed by atoms with Gasteiger partial charge < -0.3 is 9.64 Å². The number of nitrogens with one attached hydrogen (secondary N) is 1. The summed E-state index contributed by atoms with van der Waals surface area (Å²) in [7, 11) is 1.62. The van der Waals surface area contributed by atoms with Gasteiger partial charge in [0.15, 0.2) is 0 Å². The minimum Gasteiger partial charge on any atom is -0.497 e. The number of aromatic amines is 1. The zero-order chi connectivity index (χ0) is 22.0. The van der Waals surface area contributed by atoms with E-state index in [4.69, 9.17) is 4.74 Å². The van der Waals surface area contributed by atoms with E-state index in [1.54, 1.807) is 11.7 Å². The van der Waals surface area contributed by atoms with Crippen LogP contribution in [0.4, 0.5) is 5.69 Å². The van der Waals surface area contributed by atoms with E-state index in [1.165, 1.54) is 5.56 Å². The number of hydrogen-bond donors (Lipinski definition) is 1. The van der Waals surface area contributed by atoms with Crippen molar-refractivity contribution in [3.05, 3.63) is 76.0 Å². The standard InChI is InChI=1S/C24H28N4O3/c1-16(2)18-6-4-17(5-7-18)14-27(20-9-11-21(31-3)12-10-20)23(29)19-8-13-22-25-26-24(30)28(22)15-19/h4-7,9-12,16,19H,8,13-15H2,1-3H3,(H,26,30). The van der Waals surface area contributed by atoms with Crippen molar-refractivity contribution >= 4 is 11.6 Å². The summed E-state index contributed by atoms with van der Waals surface area (Å²) in [5, 5.41) is 6.53. The second kappa shape index (κ2) is 8.79. The Morgan fingerprint density at radius 2 is 1.90 bits per heavy atom. The SMILES string of the molecule is COc1ccc(N(Cc2ccc(C(C)C)cc2)C(=O)C2CCc3n[nH]c(=O)n3C2)cc1. The van der Waals surface area contributed by atoms with Crippen molar-refractivity contribution in [2.24, 2.45) is 5.92 Å². The number of carbonyl (C=O) groups is 1. The Labute approximate surface area is 181 Å². The summed E-state index contributed by atoms with van der Waals surface area (Å²) in [4.78, 5) is 27.5. The molecule has 0 saturated heterocycles. The lowest BCUT2D eigenvalue weighted by atomic mass is 9.96. The van der Waals surface area contributed by atoms with Gasteiger partial charge in [0.05, 0.1) is 19.6 Å². The second-order valence-electron chi connectivity index (χ2n) is 8.31. The van der Waals surface area contributed by atoms with Gasteiger partial charge in [0.1, 0.15) is 11.6 Å². The number of carbonyl (C=O) groups excluding carboxylic acids is 1. The molecule has 0 bridgehead atoms. The lowest BCUT2D eigenvalue weighted by molar-refractivity contribution is -0.123. The zero-order valence-electron chi connectivity index (χ0n) is 18.2. The van der Waals surface area contributed by atoms with E-state index in [2.05, 4.69) is 48.3 Å². The summed E-state index contributed by atoms with van der Waals surface area (Å²) in [6.07, 6.45) is 1.27. The van der Waals surface area contributed by atoms with Crippen molar-refractivity contribution in [1.82, 2.24) is 14.8 Å². The summed E-state index contributed by atoms with van der Waals surface area (Å²) in [5.74, 6) is 1.65. The first kappa shape index (κ1) is 20.9. The Balaban J connectivity index is 1.62. The smallest absolute Gasteiger partial charge is 0.343 e. The predicted molar refractivity (Wildman–Crippen MR) is 119 cm³/mol. The van der Waals surface area contributed by atoms with E-state index >= 15 is 0 Å². The quantitative estimate of drug-likeness (QED) is 0.662. The van der Waals surface area contributed by atoms with Gasteiger partial charge in [-0.2, -0.15) is 5.10 Å². The summed E-state index contributed by atoms with van der Waals surface area (Å²) in [5.41, 5.74) is 2.88. The number of ether oxygens (including phenoxy) is 1. The molecule has 1 aromatic heterocycles. The molecule has 31 heavy (non-hydrogen) atoms. The number of methoxy groups -OCH3 is 1. The summed E-state index contributed by atoms with van der Waals surface area (Å²) in [6.45, 7) is 5.14. The van der Waals surface area contributed by atoms with Gasteiger partial charge in [0.25, 0.3) is 0 Å². The van der Waals surface area contributed by atoms with Gasteiger partial charge in [0, 0.05) is 18.7 Å². The van der Waals surface area contributed by atoms with Gasteiger partial charge in [-0.1, -0.05) is 38.1 Å². The highest BCUT2D eigenvalue weighted by Crippen LogP contribution is 2.27. The molecule has 1 atom stereocenters. The Morgan fingerprint density at radius 1 is 1.19 bits per heavy atom. The van der Waals surface area contributed by atoms with E-state index in [9.17, 15) is 9.59 Å². The van der Waals surface area contributed by atoms with Crippen LogP contribution in [0, 0.1) is 5.92 Å². The zero-order valence-corrected chi connectivity index (χ0v) is 18.2. The largest absolute Gasteiger partial charge is 0.497 e. The fraction of sp³-hybridized carbons (Fsp3) is 0.375. The van der Waals surface area contributed by atoms with E-state index in [-0.39, 0.29) is 17.5 Å². The highest BCUT2D eigenvalue weighted by atomic mass is 16.5. The van der Waals surface area contributed by atoms with Crippen LogP contribution in [-0.4, -0.2) is 27.8 Å². The Morgan fingerprint density at radius 3 is 2.55 bits per heavy atom. The van der Waals surface area contributed by atoms with Crippen LogP contribution in [0.1, 0.15) is 43.1 Å².